The van der Waals surface area contributed by atoms with E-state index >= 15 is 0 Å². The third-order valence-electron chi connectivity index (χ3n) is 3.53. The van der Waals surface area contributed by atoms with E-state index in [-0.39, 0.29) is 5.69 Å². The van der Waals surface area contributed by atoms with E-state index in [1.807, 2.05) is 24.5 Å². The number of nitro groups is 1. The van der Waals surface area contributed by atoms with E-state index in [1.54, 1.807) is 18.3 Å². The van der Waals surface area contributed by atoms with E-state index in [0.717, 1.165) is 22.6 Å². The molecule has 116 valence electrons. The van der Waals surface area contributed by atoms with Gasteiger partial charge in [-0.1, -0.05) is 0 Å². The Kier molecular flexibility index (Phi) is 3.71. The van der Waals surface area contributed by atoms with E-state index in [2.05, 4.69) is 15.3 Å². The number of rotatable bonds is 4. The van der Waals surface area contributed by atoms with Crippen LogP contribution in [0.2, 0.25) is 0 Å². The smallest absolute Gasteiger partial charge is 0.269 e. The van der Waals surface area contributed by atoms with Gasteiger partial charge in [-0.2, -0.15) is 5.10 Å². The minimum Gasteiger partial charge on any atom is -0.318 e. The Morgan fingerprint density at radius 3 is 2.43 bits per heavy atom. The molecule has 0 saturated heterocycles. The Balaban J connectivity index is 1.96. The molecule has 0 atom stereocenters. The Labute approximate surface area is 131 Å². The molecule has 0 amide bonds. The largest absolute Gasteiger partial charge is 0.318 e. The van der Waals surface area contributed by atoms with Crippen LogP contribution in [0.3, 0.4) is 0 Å². The molecule has 0 unspecified atom stereocenters. The Morgan fingerprint density at radius 2 is 1.83 bits per heavy atom. The fourth-order valence-electron chi connectivity index (χ4n) is 2.42. The normalized spacial score (nSPS) is 11.2. The van der Waals surface area contributed by atoms with Crippen molar-refractivity contribution in [2.24, 2.45) is 5.10 Å². The van der Waals surface area contributed by atoms with Crippen molar-refractivity contribution in [3.8, 4) is 5.69 Å². The van der Waals surface area contributed by atoms with Crippen molar-refractivity contribution in [3.63, 3.8) is 0 Å². The molecule has 0 N–H and O–H groups in total. The summed E-state index contributed by atoms with van der Waals surface area (Å²) >= 11 is 0. The van der Waals surface area contributed by atoms with E-state index < -0.39 is 4.92 Å². The minimum atomic E-state index is -0.406. The summed E-state index contributed by atoms with van der Waals surface area (Å²) in [6, 6.07) is 8.47. The first kappa shape index (κ1) is 14.6. The standard InChI is InChI=1S/C15H14N6O2/c1-11-7-13(8-18-19-9-16-17-10-19)12(2)20(11)14-3-5-15(6-4-14)21(22)23/h3-10H,1-2H3/b18-8-. The first-order chi connectivity index (χ1) is 11.1. The van der Waals surface area contributed by atoms with Crippen molar-refractivity contribution < 1.29 is 4.92 Å². The van der Waals surface area contributed by atoms with Gasteiger partial charge < -0.3 is 4.57 Å². The number of hydrogen-bond donors (Lipinski definition) is 0. The number of non-ortho nitro benzene ring substituents is 1. The topological polar surface area (TPSA) is 91.1 Å². The van der Waals surface area contributed by atoms with Gasteiger partial charge in [0.2, 0.25) is 0 Å². The van der Waals surface area contributed by atoms with Crippen LogP contribution in [0.5, 0.6) is 0 Å². The highest BCUT2D eigenvalue weighted by Crippen LogP contribution is 2.22. The van der Waals surface area contributed by atoms with Crippen LogP contribution < -0.4 is 0 Å². The molecule has 2 aromatic heterocycles. The van der Waals surface area contributed by atoms with Gasteiger partial charge >= 0.3 is 0 Å². The highest BCUT2D eigenvalue weighted by atomic mass is 16.6. The molecule has 2 heterocycles. The molecule has 0 fully saturated rings. The highest BCUT2D eigenvalue weighted by Gasteiger charge is 2.11. The first-order valence-electron chi connectivity index (χ1n) is 6.89. The van der Waals surface area contributed by atoms with Gasteiger partial charge in [0.25, 0.3) is 5.69 Å². The Hall–Kier alpha value is -3.29. The summed E-state index contributed by atoms with van der Waals surface area (Å²) in [5.74, 6) is 0. The molecular formula is C15H14N6O2. The lowest BCUT2D eigenvalue weighted by molar-refractivity contribution is -0.384. The van der Waals surface area contributed by atoms with Crippen molar-refractivity contribution in [1.82, 2.24) is 19.4 Å². The molecule has 0 aliphatic heterocycles. The molecule has 23 heavy (non-hydrogen) atoms. The molecule has 8 heteroatoms. The second-order valence-corrected chi connectivity index (χ2v) is 5.02. The van der Waals surface area contributed by atoms with Crippen LogP contribution in [0.1, 0.15) is 17.0 Å². The third-order valence-corrected chi connectivity index (χ3v) is 3.53. The van der Waals surface area contributed by atoms with Crippen molar-refractivity contribution in [2.45, 2.75) is 13.8 Å². The molecule has 0 aliphatic carbocycles. The van der Waals surface area contributed by atoms with Crippen LogP contribution in [0.25, 0.3) is 5.69 Å². The summed E-state index contributed by atoms with van der Waals surface area (Å²) in [5, 5.41) is 22.4. The van der Waals surface area contributed by atoms with Gasteiger partial charge in [0.1, 0.15) is 12.7 Å². The van der Waals surface area contributed by atoms with Gasteiger partial charge in [0.15, 0.2) is 0 Å². The number of nitro benzene ring substituents is 1. The number of aryl methyl sites for hydroxylation is 1. The highest BCUT2D eigenvalue weighted by molar-refractivity contribution is 5.82. The van der Waals surface area contributed by atoms with Gasteiger partial charge in [-0.15, -0.1) is 10.2 Å². The molecule has 3 aromatic rings. The van der Waals surface area contributed by atoms with Gasteiger partial charge in [0, 0.05) is 34.8 Å². The van der Waals surface area contributed by atoms with Crippen molar-refractivity contribution in [2.75, 3.05) is 0 Å². The lowest BCUT2D eigenvalue weighted by Crippen LogP contribution is -2.00. The zero-order valence-electron chi connectivity index (χ0n) is 12.6. The van der Waals surface area contributed by atoms with Crippen LogP contribution in [0.15, 0.2) is 48.1 Å². The summed E-state index contributed by atoms with van der Waals surface area (Å²) < 4.78 is 3.54. The Bertz CT molecular complexity index is 862. The van der Waals surface area contributed by atoms with Gasteiger partial charge in [-0.3, -0.25) is 10.1 Å². The molecule has 0 bridgehead atoms. The summed E-state index contributed by atoms with van der Waals surface area (Å²) in [6.45, 7) is 3.95. The van der Waals surface area contributed by atoms with E-state index in [9.17, 15) is 10.1 Å². The predicted octanol–water partition coefficient (Wildman–Crippen LogP) is 2.48. The van der Waals surface area contributed by atoms with E-state index in [0.29, 0.717) is 0 Å². The maximum atomic E-state index is 10.8. The average Bonchev–Trinajstić information content (AvgIpc) is 3.14. The van der Waals surface area contributed by atoms with Gasteiger partial charge in [-0.25, -0.2) is 4.68 Å². The van der Waals surface area contributed by atoms with E-state index in [1.165, 1.54) is 29.5 Å². The molecule has 1 aromatic carbocycles. The maximum absolute atomic E-state index is 10.8. The van der Waals surface area contributed by atoms with Crippen LogP contribution in [0, 0.1) is 24.0 Å². The zero-order valence-corrected chi connectivity index (χ0v) is 12.6. The zero-order chi connectivity index (χ0) is 16.4. The Morgan fingerprint density at radius 1 is 1.17 bits per heavy atom. The second-order valence-electron chi connectivity index (χ2n) is 5.02. The molecule has 0 saturated carbocycles. The van der Waals surface area contributed by atoms with E-state index in [4.69, 9.17) is 0 Å². The summed E-state index contributed by atoms with van der Waals surface area (Å²) in [7, 11) is 0. The van der Waals surface area contributed by atoms with Crippen molar-refractivity contribution >= 4 is 11.9 Å². The number of benzene rings is 1. The molecule has 0 aliphatic rings. The summed E-state index contributed by atoms with van der Waals surface area (Å²) in [6.07, 6.45) is 4.74. The minimum absolute atomic E-state index is 0.0746. The molecule has 0 radical (unpaired) electrons. The third kappa shape index (κ3) is 2.86. The van der Waals surface area contributed by atoms with Gasteiger partial charge in [-0.05, 0) is 32.0 Å². The summed E-state index contributed by atoms with van der Waals surface area (Å²) in [4.78, 5) is 10.3. The molecule has 0 spiro atoms. The number of nitrogens with zero attached hydrogens (tertiary/aromatic N) is 6. The first-order valence-corrected chi connectivity index (χ1v) is 6.89. The SMILES string of the molecule is Cc1cc(/C=N\n2cnnc2)c(C)n1-c1ccc([N+](=O)[O-])cc1. The average molecular weight is 310 g/mol. The monoisotopic (exact) mass is 310 g/mol. The lowest BCUT2D eigenvalue weighted by Gasteiger charge is -2.09. The van der Waals surface area contributed by atoms with Crippen LogP contribution >= 0.6 is 0 Å². The van der Waals surface area contributed by atoms with Crippen LogP contribution in [-0.4, -0.2) is 30.6 Å². The fourth-order valence-corrected chi connectivity index (χ4v) is 2.42. The predicted molar refractivity (Wildman–Crippen MR) is 84.9 cm³/mol. The van der Waals surface area contributed by atoms with Crippen molar-refractivity contribution in [3.05, 3.63) is 70.1 Å². The fraction of sp³-hybridized carbons (Fsp3) is 0.133. The number of aromatic nitrogens is 4. The molecule has 8 nitrogen and oxygen atoms in total. The molecule has 3 rings (SSSR count). The lowest BCUT2D eigenvalue weighted by atomic mass is 10.2. The van der Waals surface area contributed by atoms with Crippen molar-refractivity contribution in [1.29, 1.82) is 0 Å². The molecular weight excluding hydrogens is 296 g/mol. The quantitative estimate of drug-likeness (QED) is 0.420. The second kappa shape index (κ2) is 5.84. The summed E-state index contributed by atoms with van der Waals surface area (Å²) in [5.41, 5.74) is 3.91. The van der Waals surface area contributed by atoms with Crippen LogP contribution in [-0.2, 0) is 0 Å². The maximum Gasteiger partial charge on any atom is 0.269 e. The van der Waals surface area contributed by atoms with Crippen LogP contribution in [0.4, 0.5) is 5.69 Å². The van der Waals surface area contributed by atoms with Gasteiger partial charge in [0.05, 0.1) is 11.1 Å². The number of hydrogen-bond acceptors (Lipinski definition) is 5.